The van der Waals surface area contributed by atoms with Gasteiger partial charge in [-0.15, -0.1) is 22.7 Å². The van der Waals surface area contributed by atoms with E-state index in [2.05, 4.69) is 26.7 Å². The van der Waals surface area contributed by atoms with Gasteiger partial charge in [-0.05, 0) is 35.6 Å². The summed E-state index contributed by atoms with van der Waals surface area (Å²) in [5, 5.41) is 7.65. The van der Waals surface area contributed by atoms with Crippen LogP contribution in [0.3, 0.4) is 0 Å². The van der Waals surface area contributed by atoms with Gasteiger partial charge in [0.1, 0.15) is 5.01 Å². The molecule has 28 heavy (non-hydrogen) atoms. The lowest BCUT2D eigenvalue weighted by Crippen LogP contribution is -2.37. The summed E-state index contributed by atoms with van der Waals surface area (Å²) in [7, 11) is 0. The second-order valence-corrected chi connectivity index (χ2v) is 8.46. The number of rotatable bonds is 6. The predicted octanol–water partition coefficient (Wildman–Crippen LogP) is 2.90. The van der Waals surface area contributed by atoms with Crippen molar-refractivity contribution in [3.63, 3.8) is 0 Å². The van der Waals surface area contributed by atoms with Crippen molar-refractivity contribution in [3.8, 4) is 10.6 Å². The van der Waals surface area contributed by atoms with Gasteiger partial charge in [-0.1, -0.05) is 0 Å². The van der Waals surface area contributed by atoms with Crippen LogP contribution in [0.5, 0.6) is 0 Å². The third-order valence-electron chi connectivity index (χ3n) is 4.62. The molecule has 1 aliphatic rings. The lowest BCUT2D eigenvalue weighted by atomic mass is 10.1. The van der Waals surface area contributed by atoms with Gasteiger partial charge in [0.05, 0.1) is 12.1 Å². The molecule has 1 aliphatic heterocycles. The highest BCUT2D eigenvalue weighted by Gasteiger charge is 2.21. The molecule has 3 aromatic heterocycles. The highest BCUT2D eigenvalue weighted by Crippen LogP contribution is 2.24. The largest absolute Gasteiger partial charge is 0.355 e. The second-order valence-electron chi connectivity index (χ2n) is 6.60. The van der Waals surface area contributed by atoms with Crippen LogP contribution in [-0.4, -0.2) is 39.8 Å². The van der Waals surface area contributed by atoms with E-state index in [0.29, 0.717) is 19.5 Å². The molecule has 4 heterocycles. The Balaban J connectivity index is 1.22. The molecule has 0 fully saturated rings. The summed E-state index contributed by atoms with van der Waals surface area (Å²) in [6.45, 7) is 1.79. The maximum absolute atomic E-state index is 12.4. The maximum atomic E-state index is 12.4. The number of carbonyl (C=O) groups excluding carboxylic acids is 2. The van der Waals surface area contributed by atoms with E-state index in [-0.39, 0.29) is 18.2 Å². The maximum Gasteiger partial charge on any atom is 0.226 e. The first-order valence-corrected chi connectivity index (χ1v) is 10.9. The Kier molecular flexibility index (Phi) is 5.78. The zero-order valence-electron chi connectivity index (χ0n) is 15.3. The van der Waals surface area contributed by atoms with Gasteiger partial charge in [-0.25, -0.2) is 4.98 Å². The topological polar surface area (TPSA) is 75.2 Å². The van der Waals surface area contributed by atoms with Gasteiger partial charge in [0, 0.05) is 54.3 Å². The van der Waals surface area contributed by atoms with E-state index < -0.39 is 0 Å². The minimum atomic E-state index is -0.116. The van der Waals surface area contributed by atoms with E-state index in [1.54, 1.807) is 23.7 Å². The SMILES string of the molecule is O=C(Cc1csc(-c2cccnc2)n1)NCCC(=O)N1CCc2sccc2C1. The lowest BCUT2D eigenvalue weighted by molar-refractivity contribution is -0.132. The van der Waals surface area contributed by atoms with Gasteiger partial charge >= 0.3 is 0 Å². The third kappa shape index (κ3) is 4.45. The summed E-state index contributed by atoms with van der Waals surface area (Å²) in [6.07, 6.45) is 4.94. The van der Waals surface area contributed by atoms with E-state index >= 15 is 0 Å². The zero-order valence-corrected chi connectivity index (χ0v) is 16.9. The number of carbonyl (C=O) groups is 2. The molecule has 0 unspecified atom stereocenters. The number of thiazole rings is 1. The first-order chi connectivity index (χ1) is 13.7. The standard InChI is InChI=1S/C20H20N4O2S2/c25-18(10-16-13-28-20(23-16)14-2-1-6-21-11-14)22-7-3-19(26)24-8-4-17-15(12-24)5-9-27-17/h1-2,5-6,9,11,13H,3-4,7-8,10,12H2,(H,22,25). The molecule has 3 aromatic rings. The summed E-state index contributed by atoms with van der Waals surface area (Å²) in [5.74, 6) is -0.0285. The van der Waals surface area contributed by atoms with Crippen molar-refractivity contribution in [1.29, 1.82) is 0 Å². The van der Waals surface area contributed by atoms with Crippen LogP contribution in [0.2, 0.25) is 0 Å². The second kappa shape index (κ2) is 8.62. The molecule has 2 amide bonds. The number of amides is 2. The molecule has 4 rings (SSSR count). The van der Waals surface area contributed by atoms with Crippen LogP contribution in [0.4, 0.5) is 0 Å². The van der Waals surface area contributed by atoms with Gasteiger partial charge in [0.2, 0.25) is 11.8 Å². The number of aromatic nitrogens is 2. The Morgan fingerprint density at radius 1 is 1.25 bits per heavy atom. The molecule has 8 heteroatoms. The average Bonchev–Trinajstić information content (AvgIpc) is 3.37. The van der Waals surface area contributed by atoms with Gasteiger partial charge in [-0.3, -0.25) is 14.6 Å². The smallest absolute Gasteiger partial charge is 0.226 e. The Bertz CT molecular complexity index is 968. The normalized spacial score (nSPS) is 13.2. The van der Waals surface area contributed by atoms with Crippen molar-refractivity contribution in [2.24, 2.45) is 0 Å². The van der Waals surface area contributed by atoms with E-state index in [0.717, 1.165) is 29.2 Å². The fraction of sp³-hybridized carbons (Fsp3) is 0.300. The number of hydrogen-bond acceptors (Lipinski definition) is 6. The first-order valence-electron chi connectivity index (χ1n) is 9.13. The number of nitrogens with zero attached hydrogens (tertiary/aromatic N) is 3. The quantitative estimate of drug-likeness (QED) is 0.676. The van der Waals surface area contributed by atoms with Crippen LogP contribution in [0, 0.1) is 0 Å². The van der Waals surface area contributed by atoms with E-state index in [9.17, 15) is 9.59 Å². The molecule has 0 aromatic carbocycles. The lowest BCUT2D eigenvalue weighted by Gasteiger charge is -2.27. The van der Waals surface area contributed by atoms with Crippen LogP contribution in [-0.2, 0) is 29.0 Å². The fourth-order valence-corrected chi connectivity index (χ4v) is 4.87. The molecule has 144 valence electrons. The molecule has 0 saturated heterocycles. The van der Waals surface area contributed by atoms with Crippen LogP contribution in [0.15, 0.2) is 41.4 Å². The van der Waals surface area contributed by atoms with Crippen molar-refractivity contribution in [2.45, 2.75) is 25.8 Å². The molecule has 1 N–H and O–H groups in total. The van der Waals surface area contributed by atoms with E-state index in [1.165, 1.54) is 21.8 Å². The predicted molar refractivity (Wildman–Crippen MR) is 110 cm³/mol. The van der Waals surface area contributed by atoms with Gasteiger partial charge in [-0.2, -0.15) is 0 Å². The summed E-state index contributed by atoms with van der Waals surface area (Å²) in [6, 6.07) is 5.90. The molecule has 6 nitrogen and oxygen atoms in total. The summed E-state index contributed by atoms with van der Waals surface area (Å²) >= 11 is 3.25. The van der Waals surface area contributed by atoms with Crippen LogP contribution in [0.25, 0.3) is 10.6 Å². The molecule has 0 spiro atoms. The first kappa shape index (κ1) is 18.8. The van der Waals surface area contributed by atoms with Crippen molar-refractivity contribution in [1.82, 2.24) is 20.2 Å². The minimum Gasteiger partial charge on any atom is -0.355 e. The van der Waals surface area contributed by atoms with Crippen LogP contribution < -0.4 is 5.32 Å². The number of fused-ring (bicyclic) bond motifs is 1. The molecular weight excluding hydrogens is 392 g/mol. The molecule has 0 radical (unpaired) electrons. The van der Waals surface area contributed by atoms with E-state index in [1.807, 2.05) is 22.4 Å². The number of pyridine rings is 1. The molecule has 0 saturated carbocycles. The molecule has 0 aliphatic carbocycles. The summed E-state index contributed by atoms with van der Waals surface area (Å²) < 4.78 is 0. The van der Waals surface area contributed by atoms with E-state index in [4.69, 9.17) is 0 Å². The Morgan fingerprint density at radius 2 is 2.18 bits per heavy atom. The zero-order chi connectivity index (χ0) is 19.3. The highest BCUT2D eigenvalue weighted by molar-refractivity contribution is 7.13. The Labute approximate surface area is 171 Å². The summed E-state index contributed by atoms with van der Waals surface area (Å²) in [4.78, 5) is 36.4. The van der Waals surface area contributed by atoms with Crippen molar-refractivity contribution in [3.05, 3.63) is 57.5 Å². The van der Waals surface area contributed by atoms with Crippen LogP contribution >= 0.6 is 22.7 Å². The highest BCUT2D eigenvalue weighted by atomic mass is 32.1. The monoisotopic (exact) mass is 412 g/mol. The number of thiophene rings is 1. The summed E-state index contributed by atoms with van der Waals surface area (Å²) in [5.41, 5.74) is 2.93. The third-order valence-corrected chi connectivity index (χ3v) is 6.59. The molecule has 0 bridgehead atoms. The molecule has 0 atom stereocenters. The van der Waals surface area contributed by atoms with Crippen molar-refractivity contribution >= 4 is 34.5 Å². The average molecular weight is 413 g/mol. The Hall–Kier alpha value is -2.58. The van der Waals surface area contributed by atoms with Gasteiger partial charge < -0.3 is 10.2 Å². The van der Waals surface area contributed by atoms with Gasteiger partial charge in [0.25, 0.3) is 0 Å². The van der Waals surface area contributed by atoms with Crippen LogP contribution in [0.1, 0.15) is 22.6 Å². The van der Waals surface area contributed by atoms with Crippen molar-refractivity contribution < 1.29 is 9.59 Å². The Morgan fingerprint density at radius 3 is 3.04 bits per heavy atom. The van der Waals surface area contributed by atoms with Gasteiger partial charge in [0.15, 0.2) is 0 Å². The molecular formula is C20H20N4O2S2. The van der Waals surface area contributed by atoms with Crippen molar-refractivity contribution in [2.75, 3.05) is 13.1 Å². The number of nitrogens with one attached hydrogen (secondary N) is 1. The number of hydrogen-bond donors (Lipinski definition) is 1. The fourth-order valence-electron chi connectivity index (χ4n) is 3.17. The minimum absolute atomic E-state index is 0.0877.